The molecule has 0 aliphatic heterocycles. The molecule has 2 rings (SSSR count). The predicted octanol–water partition coefficient (Wildman–Crippen LogP) is 2.71. The molecule has 0 spiro atoms. The summed E-state index contributed by atoms with van der Waals surface area (Å²) in [4.78, 5) is 13.7. The number of hydrogen-bond donors (Lipinski definition) is 0. The van der Waals surface area contributed by atoms with Gasteiger partial charge >= 0.3 is 0 Å². The minimum atomic E-state index is -0.726. The summed E-state index contributed by atoms with van der Waals surface area (Å²) in [5, 5.41) is 8.99. The Morgan fingerprint density at radius 1 is 1.53 bits per heavy atom. The number of nitrogens with zero attached hydrogens (tertiary/aromatic N) is 2. The Morgan fingerprint density at radius 2 is 2.18 bits per heavy atom. The smallest absolute Gasteiger partial charge is 0.243 e. The van der Waals surface area contributed by atoms with Crippen LogP contribution in [0.2, 0.25) is 0 Å². The Labute approximate surface area is 109 Å². The van der Waals surface area contributed by atoms with Gasteiger partial charge in [0.1, 0.15) is 5.41 Å². The molecular formula is C13H13BrN2O. The lowest BCUT2D eigenvalue weighted by molar-refractivity contribution is -0.134. The van der Waals surface area contributed by atoms with Crippen molar-refractivity contribution in [1.29, 1.82) is 5.26 Å². The normalized spacial score (nSPS) is 16.1. The number of hydrogen-bond acceptors (Lipinski definition) is 2. The Morgan fingerprint density at radius 3 is 2.71 bits per heavy atom. The maximum absolute atomic E-state index is 12.1. The fourth-order valence-electron chi connectivity index (χ4n) is 1.82. The molecule has 0 atom stereocenters. The molecule has 1 amide bonds. The second-order valence-corrected chi connectivity index (χ2v) is 5.30. The van der Waals surface area contributed by atoms with Gasteiger partial charge in [0.2, 0.25) is 5.91 Å². The summed E-state index contributed by atoms with van der Waals surface area (Å²) in [5.41, 5.74) is 0.327. The predicted molar refractivity (Wildman–Crippen MR) is 67.9 cm³/mol. The van der Waals surface area contributed by atoms with Crippen LogP contribution >= 0.6 is 15.9 Å². The van der Waals surface area contributed by atoms with Gasteiger partial charge in [-0.05, 0) is 24.5 Å². The number of nitriles is 1. The van der Waals surface area contributed by atoms with E-state index >= 15 is 0 Å². The molecule has 0 bridgehead atoms. The van der Waals surface area contributed by atoms with Gasteiger partial charge in [-0.25, -0.2) is 0 Å². The van der Waals surface area contributed by atoms with Gasteiger partial charge in [-0.3, -0.25) is 4.79 Å². The van der Waals surface area contributed by atoms with Crippen molar-refractivity contribution in [2.24, 2.45) is 5.41 Å². The van der Waals surface area contributed by atoms with Gasteiger partial charge in [0, 0.05) is 18.1 Å². The summed E-state index contributed by atoms with van der Waals surface area (Å²) < 4.78 is 0.987. The van der Waals surface area contributed by atoms with Crippen LogP contribution in [0.25, 0.3) is 0 Å². The van der Waals surface area contributed by atoms with Crippen LogP contribution in [0.3, 0.4) is 0 Å². The van der Waals surface area contributed by atoms with Gasteiger partial charge in [-0.15, -0.1) is 0 Å². The first-order chi connectivity index (χ1) is 8.09. The molecule has 1 aromatic rings. The molecule has 1 aliphatic carbocycles. The van der Waals surface area contributed by atoms with Crippen molar-refractivity contribution in [3.8, 4) is 6.07 Å². The Balaban J connectivity index is 2.08. The number of rotatable bonds is 3. The van der Waals surface area contributed by atoms with Gasteiger partial charge in [-0.2, -0.15) is 5.26 Å². The van der Waals surface area contributed by atoms with Crippen LogP contribution < -0.4 is 0 Å². The zero-order valence-corrected chi connectivity index (χ0v) is 11.2. The van der Waals surface area contributed by atoms with E-state index in [1.165, 1.54) is 0 Å². The molecule has 3 nitrogen and oxygen atoms in total. The maximum Gasteiger partial charge on any atom is 0.243 e. The minimum Gasteiger partial charge on any atom is -0.340 e. The van der Waals surface area contributed by atoms with Gasteiger partial charge in [-0.1, -0.05) is 34.1 Å². The average Bonchev–Trinajstić information content (AvgIpc) is 3.12. The molecule has 17 heavy (non-hydrogen) atoms. The highest BCUT2D eigenvalue weighted by atomic mass is 79.9. The van der Waals surface area contributed by atoms with Crippen molar-refractivity contribution in [3.63, 3.8) is 0 Å². The van der Waals surface area contributed by atoms with Crippen molar-refractivity contribution < 1.29 is 4.79 Å². The lowest BCUT2D eigenvalue weighted by Crippen LogP contribution is -2.33. The molecule has 0 heterocycles. The highest BCUT2D eigenvalue weighted by molar-refractivity contribution is 9.10. The zero-order chi connectivity index (χ0) is 12.5. The SMILES string of the molecule is CN(Cc1ccccc1Br)C(=O)C1(C#N)CC1. The molecule has 0 radical (unpaired) electrons. The zero-order valence-electron chi connectivity index (χ0n) is 9.61. The average molecular weight is 293 g/mol. The molecule has 1 saturated carbocycles. The van der Waals surface area contributed by atoms with Crippen molar-refractivity contribution in [2.75, 3.05) is 7.05 Å². The van der Waals surface area contributed by atoms with Crippen molar-refractivity contribution in [1.82, 2.24) is 4.90 Å². The van der Waals surface area contributed by atoms with Crippen molar-refractivity contribution in [3.05, 3.63) is 34.3 Å². The highest BCUT2D eigenvalue weighted by Gasteiger charge is 2.51. The molecule has 0 aromatic heterocycles. The molecule has 88 valence electrons. The fourth-order valence-corrected chi connectivity index (χ4v) is 2.23. The van der Waals surface area contributed by atoms with E-state index in [1.807, 2.05) is 24.3 Å². The molecule has 1 aromatic carbocycles. The molecule has 0 saturated heterocycles. The van der Waals surface area contributed by atoms with E-state index in [9.17, 15) is 4.79 Å². The molecule has 4 heteroatoms. The summed E-state index contributed by atoms with van der Waals surface area (Å²) in [6, 6.07) is 9.93. The molecule has 1 fully saturated rings. The van der Waals surface area contributed by atoms with Crippen LogP contribution in [-0.4, -0.2) is 17.9 Å². The molecule has 1 aliphatic rings. The number of halogens is 1. The van der Waals surface area contributed by atoms with E-state index in [0.29, 0.717) is 19.4 Å². The van der Waals surface area contributed by atoms with Gasteiger partial charge in [0.15, 0.2) is 0 Å². The van der Waals surface area contributed by atoms with Crippen molar-refractivity contribution in [2.45, 2.75) is 19.4 Å². The number of carbonyl (C=O) groups excluding carboxylic acids is 1. The molecule has 0 unspecified atom stereocenters. The number of carbonyl (C=O) groups is 1. The van der Waals surface area contributed by atoms with Crippen LogP contribution in [0, 0.1) is 16.7 Å². The summed E-state index contributed by atoms with van der Waals surface area (Å²) >= 11 is 3.45. The van der Waals surface area contributed by atoms with Gasteiger partial charge in [0.25, 0.3) is 0 Å². The lowest BCUT2D eigenvalue weighted by atomic mass is 10.1. The van der Waals surface area contributed by atoms with E-state index in [-0.39, 0.29) is 5.91 Å². The monoisotopic (exact) mass is 292 g/mol. The van der Waals surface area contributed by atoms with Crippen LogP contribution in [0.1, 0.15) is 18.4 Å². The summed E-state index contributed by atoms with van der Waals surface area (Å²) in [7, 11) is 1.75. The first-order valence-corrected chi connectivity index (χ1v) is 6.28. The Bertz CT molecular complexity index is 488. The Hall–Kier alpha value is -1.34. The first-order valence-electron chi connectivity index (χ1n) is 5.49. The Kier molecular flexibility index (Phi) is 3.21. The van der Waals surface area contributed by atoms with E-state index in [0.717, 1.165) is 10.0 Å². The molecular weight excluding hydrogens is 280 g/mol. The first kappa shape index (κ1) is 12.1. The lowest BCUT2D eigenvalue weighted by Gasteiger charge is -2.20. The molecule has 0 N–H and O–H groups in total. The second-order valence-electron chi connectivity index (χ2n) is 4.45. The number of amides is 1. The topological polar surface area (TPSA) is 44.1 Å². The van der Waals surface area contributed by atoms with E-state index < -0.39 is 5.41 Å². The second kappa shape index (κ2) is 4.50. The summed E-state index contributed by atoms with van der Waals surface area (Å²) in [5.74, 6) is -0.0595. The standard InChI is InChI=1S/C13H13BrN2O/c1-16(12(17)13(9-15)6-7-13)8-10-4-2-3-5-11(10)14/h2-5H,6-8H2,1H3. The van der Waals surface area contributed by atoms with E-state index in [4.69, 9.17) is 5.26 Å². The van der Waals surface area contributed by atoms with Crippen LogP contribution in [0.5, 0.6) is 0 Å². The largest absolute Gasteiger partial charge is 0.340 e. The van der Waals surface area contributed by atoms with Crippen LogP contribution in [0.4, 0.5) is 0 Å². The maximum atomic E-state index is 12.1. The van der Waals surface area contributed by atoms with E-state index in [2.05, 4.69) is 22.0 Å². The van der Waals surface area contributed by atoms with Crippen LogP contribution in [-0.2, 0) is 11.3 Å². The summed E-state index contributed by atoms with van der Waals surface area (Å²) in [6.07, 6.45) is 1.39. The third-order valence-electron chi connectivity index (χ3n) is 3.09. The third-order valence-corrected chi connectivity index (χ3v) is 3.86. The summed E-state index contributed by atoms with van der Waals surface area (Å²) in [6.45, 7) is 0.531. The third kappa shape index (κ3) is 2.34. The minimum absolute atomic E-state index is 0.0595. The number of benzene rings is 1. The quantitative estimate of drug-likeness (QED) is 0.860. The van der Waals surface area contributed by atoms with Crippen molar-refractivity contribution >= 4 is 21.8 Å². The van der Waals surface area contributed by atoms with Crippen LogP contribution in [0.15, 0.2) is 28.7 Å². The van der Waals surface area contributed by atoms with Gasteiger partial charge in [0.05, 0.1) is 6.07 Å². The van der Waals surface area contributed by atoms with E-state index in [1.54, 1.807) is 11.9 Å². The fraction of sp³-hybridized carbons (Fsp3) is 0.385. The van der Waals surface area contributed by atoms with Gasteiger partial charge < -0.3 is 4.90 Å². The highest BCUT2D eigenvalue weighted by Crippen LogP contribution is 2.46.